The molecule has 0 bridgehead atoms. The Balaban J connectivity index is 2.54. The summed E-state index contributed by atoms with van der Waals surface area (Å²) in [6.07, 6.45) is 0. The quantitative estimate of drug-likeness (QED) is 0.840. The van der Waals surface area contributed by atoms with Crippen molar-refractivity contribution in [2.24, 2.45) is 0 Å². The van der Waals surface area contributed by atoms with E-state index in [1.54, 1.807) is 24.3 Å². The Morgan fingerprint density at radius 3 is 2.65 bits per heavy atom. The topological polar surface area (TPSA) is 62.1 Å². The zero-order chi connectivity index (χ0) is 12.7. The fraction of sp³-hybridized carbons (Fsp3) is 0.385. The molecular weight excluding hydrogens is 216 g/mol. The van der Waals surface area contributed by atoms with Gasteiger partial charge in [-0.3, -0.25) is 4.79 Å². The molecule has 1 aromatic rings. The molecule has 0 aliphatic heterocycles. The van der Waals surface area contributed by atoms with Crippen LogP contribution in [0.5, 0.6) is 0 Å². The van der Waals surface area contributed by atoms with Crippen molar-refractivity contribution in [2.45, 2.75) is 19.9 Å². The van der Waals surface area contributed by atoms with Crippen molar-refractivity contribution in [3.8, 4) is 6.07 Å². The van der Waals surface area contributed by atoms with Gasteiger partial charge in [0.2, 0.25) is 0 Å². The van der Waals surface area contributed by atoms with Crippen LogP contribution in [-0.2, 0) is 4.74 Å². The molecule has 0 spiro atoms. The Kier molecular flexibility index (Phi) is 5.18. The van der Waals surface area contributed by atoms with Crippen molar-refractivity contribution in [3.05, 3.63) is 35.4 Å². The van der Waals surface area contributed by atoms with Crippen LogP contribution in [0.15, 0.2) is 24.3 Å². The van der Waals surface area contributed by atoms with Crippen LogP contribution in [0, 0.1) is 11.3 Å². The van der Waals surface area contributed by atoms with Crippen LogP contribution in [0.4, 0.5) is 0 Å². The van der Waals surface area contributed by atoms with Gasteiger partial charge in [0.1, 0.15) is 0 Å². The Morgan fingerprint density at radius 2 is 2.12 bits per heavy atom. The van der Waals surface area contributed by atoms with Gasteiger partial charge in [-0.2, -0.15) is 5.26 Å². The van der Waals surface area contributed by atoms with E-state index in [4.69, 9.17) is 10.00 Å². The standard InChI is InChI=1S/C13H16N2O2/c1-3-17-9-10(2)15-13(16)12-6-4-11(8-14)5-7-12/h4-7,10H,3,9H2,1-2H3,(H,15,16). The Hall–Kier alpha value is -1.86. The average Bonchev–Trinajstić information content (AvgIpc) is 2.36. The highest BCUT2D eigenvalue weighted by Crippen LogP contribution is 2.03. The molecule has 1 N–H and O–H groups in total. The second kappa shape index (κ2) is 6.66. The molecule has 0 aliphatic rings. The number of carbonyl (C=O) groups is 1. The van der Waals surface area contributed by atoms with Crippen LogP contribution >= 0.6 is 0 Å². The number of nitrogens with zero attached hydrogens (tertiary/aromatic N) is 1. The molecule has 4 nitrogen and oxygen atoms in total. The third kappa shape index (κ3) is 4.25. The van der Waals surface area contributed by atoms with E-state index in [2.05, 4.69) is 5.32 Å². The van der Waals surface area contributed by atoms with E-state index in [1.807, 2.05) is 19.9 Å². The van der Waals surface area contributed by atoms with Crippen LogP contribution in [0.2, 0.25) is 0 Å². The van der Waals surface area contributed by atoms with Gasteiger partial charge in [-0.25, -0.2) is 0 Å². The number of ether oxygens (including phenoxy) is 1. The number of hydrogen-bond donors (Lipinski definition) is 1. The van der Waals surface area contributed by atoms with Gasteiger partial charge >= 0.3 is 0 Å². The summed E-state index contributed by atoms with van der Waals surface area (Å²) in [5, 5.41) is 11.5. The van der Waals surface area contributed by atoms with Crippen molar-refractivity contribution in [3.63, 3.8) is 0 Å². The van der Waals surface area contributed by atoms with Crippen LogP contribution in [-0.4, -0.2) is 25.2 Å². The van der Waals surface area contributed by atoms with E-state index >= 15 is 0 Å². The number of nitriles is 1. The van der Waals surface area contributed by atoms with Gasteiger partial charge in [-0.05, 0) is 38.1 Å². The first-order valence-corrected chi connectivity index (χ1v) is 5.56. The lowest BCUT2D eigenvalue weighted by molar-refractivity contribution is 0.0872. The minimum Gasteiger partial charge on any atom is -0.380 e. The van der Waals surface area contributed by atoms with E-state index in [0.717, 1.165) is 0 Å². The number of hydrogen-bond acceptors (Lipinski definition) is 3. The number of rotatable bonds is 5. The van der Waals surface area contributed by atoms with Crippen LogP contribution < -0.4 is 5.32 Å². The summed E-state index contributed by atoms with van der Waals surface area (Å²) in [5.41, 5.74) is 1.09. The average molecular weight is 232 g/mol. The molecule has 1 atom stereocenters. The molecule has 0 radical (unpaired) electrons. The van der Waals surface area contributed by atoms with Crippen molar-refractivity contribution in [1.29, 1.82) is 5.26 Å². The molecule has 4 heteroatoms. The predicted octanol–water partition coefficient (Wildman–Crippen LogP) is 1.71. The van der Waals surface area contributed by atoms with Gasteiger partial charge in [-0.1, -0.05) is 0 Å². The van der Waals surface area contributed by atoms with Gasteiger partial charge in [0.05, 0.1) is 18.2 Å². The van der Waals surface area contributed by atoms with Gasteiger partial charge in [0.15, 0.2) is 0 Å². The molecule has 0 aromatic heterocycles. The van der Waals surface area contributed by atoms with E-state index < -0.39 is 0 Å². The molecule has 0 saturated heterocycles. The molecule has 90 valence electrons. The van der Waals surface area contributed by atoms with Gasteiger partial charge in [-0.15, -0.1) is 0 Å². The molecule has 0 aliphatic carbocycles. The smallest absolute Gasteiger partial charge is 0.251 e. The summed E-state index contributed by atoms with van der Waals surface area (Å²) in [4.78, 5) is 11.8. The summed E-state index contributed by atoms with van der Waals surface area (Å²) >= 11 is 0. The molecule has 1 unspecified atom stereocenters. The minimum absolute atomic E-state index is 0.0295. The Labute approximate surface area is 101 Å². The van der Waals surface area contributed by atoms with Crippen molar-refractivity contribution in [1.82, 2.24) is 5.32 Å². The lowest BCUT2D eigenvalue weighted by atomic mass is 10.1. The highest BCUT2D eigenvalue weighted by atomic mass is 16.5. The van der Waals surface area contributed by atoms with Crippen molar-refractivity contribution >= 4 is 5.91 Å². The first-order valence-electron chi connectivity index (χ1n) is 5.56. The monoisotopic (exact) mass is 232 g/mol. The molecule has 0 fully saturated rings. The molecular formula is C13H16N2O2. The normalized spacial score (nSPS) is 11.6. The van der Waals surface area contributed by atoms with Gasteiger partial charge in [0.25, 0.3) is 5.91 Å². The second-order valence-electron chi connectivity index (χ2n) is 3.72. The zero-order valence-corrected chi connectivity index (χ0v) is 10.1. The Bertz CT molecular complexity index is 406. The Morgan fingerprint density at radius 1 is 1.47 bits per heavy atom. The number of carbonyl (C=O) groups excluding carboxylic acids is 1. The SMILES string of the molecule is CCOCC(C)NC(=O)c1ccc(C#N)cc1. The van der Waals surface area contributed by atoms with E-state index in [9.17, 15) is 4.79 Å². The van der Waals surface area contributed by atoms with Crippen LogP contribution in [0.1, 0.15) is 29.8 Å². The minimum atomic E-state index is -0.151. The molecule has 0 saturated carbocycles. The van der Waals surface area contributed by atoms with E-state index in [1.165, 1.54) is 0 Å². The maximum Gasteiger partial charge on any atom is 0.251 e. The van der Waals surface area contributed by atoms with Crippen molar-refractivity contribution < 1.29 is 9.53 Å². The number of amides is 1. The maximum absolute atomic E-state index is 11.8. The molecule has 0 heterocycles. The number of benzene rings is 1. The molecule has 1 rings (SSSR count). The molecule has 17 heavy (non-hydrogen) atoms. The first kappa shape index (κ1) is 13.2. The third-order valence-electron chi connectivity index (χ3n) is 2.23. The van der Waals surface area contributed by atoms with E-state index in [-0.39, 0.29) is 11.9 Å². The summed E-state index contributed by atoms with van der Waals surface area (Å²) in [6.45, 7) is 4.93. The summed E-state index contributed by atoms with van der Waals surface area (Å²) < 4.78 is 5.21. The zero-order valence-electron chi connectivity index (χ0n) is 10.1. The third-order valence-corrected chi connectivity index (χ3v) is 2.23. The highest BCUT2D eigenvalue weighted by molar-refractivity contribution is 5.94. The fourth-order valence-electron chi connectivity index (χ4n) is 1.34. The number of nitrogens with one attached hydrogen (secondary N) is 1. The second-order valence-corrected chi connectivity index (χ2v) is 3.72. The molecule has 1 aromatic carbocycles. The lowest BCUT2D eigenvalue weighted by Crippen LogP contribution is -2.35. The maximum atomic E-state index is 11.8. The molecule has 1 amide bonds. The van der Waals surface area contributed by atoms with Crippen LogP contribution in [0.25, 0.3) is 0 Å². The van der Waals surface area contributed by atoms with Crippen molar-refractivity contribution in [2.75, 3.05) is 13.2 Å². The first-order chi connectivity index (χ1) is 8.17. The summed E-state index contributed by atoms with van der Waals surface area (Å²) in [6, 6.07) is 8.52. The van der Waals surface area contributed by atoms with Gasteiger partial charge < -0.3 is 10.1 Å². The highest BCUT2D eigenvalue weighted by Gasteiger charge is 2.09. The lowest BCUT2D eigenvalue weighted by Gasteiger charge is -2.13. The predicted molar refractivity (Wildman–Crippen MR) is 64.6 cm³/mol. The van der Waals surface area contributed by atoms with E-state index in [0.29, 0.717) is 24.3 Å². The largest absolute Gasteiger partial charge is 0.380 e. The summed E-state index contributed by atoms with van der Waals surface area (Å²) in [5.74, 6) is -0.151. The summed E-state index contributed by atoms with van der Waals surface area (Å²) in [7, 11) is 0. The van der Waals surface area contributed by atoms with Crippen LogP contribution in [0.3, 0.4) is 0 Å². The fourth-order valence-corrected chi connectivity index (χ4v) is 1.34. The van der Waals surface area contributed by atoms with Gasteiger partial charge in [0, 0.05) is 18.2 Å².